The van der Waals surface area contributed by atoms with Crippen molar-refractivity contribution in [2.75, 3.05) is 44.2 Å². The van der Waals surface area contributed by atoms with Crippen LogP contribution in [0.2, 0.25) is 0 Å². The number of carbonyl (C=O) groups is 1. The molecule has 0 saturated carbocycles. The van der Waals surface area contributed by atoms with E-state index in [1.807, 2.05) is 6.07 Å². The largest absolute Gasteiger partial charge is 0.369 e. The van der Waals surface area contributed by atoms with E-state index in [2.05, 4.69) is 14.8 Å². The smallest absolute Gasteiger partial charge is 0.267 e. The van der Waals surface area contributed by atoms with E-state index in [9.17, 15) is 4.79 Å². The number of amides is 1. The summed E-state index contributed by atoms with van der Waals surface area (Å²) in [6, 6.07) is 3.71. The molecule has 0 atom stereocenters. The highest BCUT2D eigenvalue weighted by Crippen LogP contribution is 2.17. The topological polar surface area (TPSA) is 88.5 Å². The molecule has 0 aliphatic carbocycles. The normalized spacial score (nSPS) is 16.1. The molecular formula is C15H25N5O. The van der Waals surface area contributed by atoms with Crippen molar-refractivity contribution in [2.24, 2.45) is 11.5 Å². The summed E-state index contributed by atoms with van der Waals surface area (Å²) in [5, 5.41) is 0. The fourth-order valence-electron chi connectivity index (χ4n) is 2.64. The summed E-state index contributed by atoms with van der Waals surface area (Å²) in [4.78, 5) is 19.9. The molecule has 2 heterocycles. The lowest BCUT2D eigenvalue weighted by Gasteiger charge is -2.36. The van der Waals surface area contributed by atoms with Crippen LogP contribution in [0, 0.1) is 0 Å². The number of piperazine rings is 1. The summed E-state index contributed by atoms with van der Waals surface area (Å²) in [5.74, 6) is -0.476. The van der Waals surface area contributed by atoms with Gasteiger partial charge in [0.05, 0.1) is 0 Å². The van der Waals surface area contributed by atoms with Crippen molar-refractivity contribution < 1.29 is 4.79 Å². The number of nitrogens with zero attached hydrogens (tertiary/aromatic N) is 3. The molecule has 1 aromatic heterocycles. The molecule has 0 unspecified atom stereocenters. The first kappa shape index (κ1) is 15.7. The average molecular weight is 291 g/mol. The highest BCUT2D eigenvalue weighted by atomic mass is 16.1. The van der Waals surface area contributed by atoms with Gasteiger partial charge < -0.3 is 16.4 Å². The van der Waals surface area contributed by atoms with Gasteiger partial charge in [-0.2, -0.15) is 0 Å². The van der Waals surface area contributed by atoms with Gasteiger partial charge in [-0.15, -0.1) is 0 Å². The number of anilines is 1. The third-order valence-electron chi connectivity index (χ3n) is 3.91. The van der Waals surface area contributed by atoms with E-state index in [4.69, 9.17) is 11.5 Å². The number of hydrogen-bond donors (Lipinski definition) is 2. The second-order valence-corrected chi connectivity index (χ2v) is 5.44. The van der Waals surface area contributed by atoms with Crippen molar-refractivity contribution in [3.63, 3.8) is 0 Å². The number of aromatic nitrogens is 1. The maximum atomic E-state index is 11.2. The lowest BCUT2D eigenvalue weighted by Crippen LogP contribution is -2.46. The molecule has 116 valence electrons. The number of rotatable bonds is 7. The standard InChI is InChI=1S/C15H25N5O/c16-5-2-1-3-7-19-8-10-20(11-9-19)13-4-6-18-14(12-13)15(17)21/h4,6,12H,1-3,5,7-11,16H2,(H2,17,21). The van der Waals surface area contributed by atoms with Gasteiger partial charge in [0.25, 0.3) is 5.91 Å². The quantitative estimate of drug-likeness (QED) is 0.711. The van der Waals surface area contributed by atoms with E-state index in [0.29, 0.717) is 5.69 Å². The fourth-order valence-corrected chi connectivity index (χ4v) is 2.64. The van der Waals surface area contributed by atoms with Gasteiger partial charge in [-0.3, -0.25) is 14.7 Å². The Labute approximate surface area is 126 Å². The lowest BCUT2D eigenvalue weighted by atomic mass is 10.2. The molecule has 21 heavy (non-hydrogen) atoms. The molecule has 4 N–H and O–H groups in total. The second-order valence-electron chi connectivity index (χ2n) is 5.44. The molecule has 0 spiro atoms. The Morgan fingerprint density at radius 3 is 2.62 bits per heavy atom. The second kappa shape index (κ2) is 7.95. The van der Waals surface area contributed by atoms with E-state index in [-0.39, 0.29) is 0 Å². The third-order valence-corrected chi connectivity index (χ3v) is 3.91. The monoisotopic (exact) mass is 291 g/mol. The van der Waals surface area contributed by atoms with Gasteiger partial charge in [0.2, 0.25) is 0 Å². The van der Waals surface area contributed by atoms with Crippen LogP contribution in [0.15, 0.2) is 18.3 Å². The van der Waals surface area contributed by atoms with Crippen LogP contribution in [0.1, 0.15) is 29.8 Å². The van der Waals surface area contributed by atoms with Gasteiger partial charge >= 0.3 is 0 Å². The van der Waals surface area contributed by atoms with Gasteiger partial charge in [-0.25, -0.2) is 0 Å². The van der Waals surface area contributed by atoms with Crippen molar-refractivity contribution in [3.8, 4) is 0 Å². The minimum absolute atomic E-state index is 0.330. The van der Waals surface area contributed by atoms with E-state index in [0.717, 1.165) is 51.4 Å². The zero-order valence-corrected chi connectivity index (χ0v) is 12.5. The molecule has 1 fully saturated rings. The molecule has 0 radical (unpaired) electrons. The molecular weight excluding hydrogens is 266 g/mol. The molecule has 6 nitrogen and oxygen atoms in total. The van der Waals surface area contributed by atoms with Gasteiger partial charge in [-0.1, -0.05) is 6.42 Å². The Bertz CT molecular complexity index is 457. The van der Waals surface area contributed by atoms with Crippen molar-refractivity contribution in [3.05, 3.63) is 24.0 Å². The van der Waals surface area contributed by atoms with E-state index in [1.54, 1.807) is 12.3 Å². The molecule has 1 aromatic rings. The minimum atomic E-state index is -0.476. The summed E-state index contributed by atoms with van der Waals surface area (Å²) in [6.07, 6.45) is 5.20. The van der Waals surface area contributed by atoms with Crippen molar-refractivity contribution in [1.29, 1.82) is 0 Å². The molecule has 1 aliphatic rings. The zero-order valence-electron chi connectivity index (χ0n) is 12.5. The molecule has 2 rings (SSSR count). The number of unbranched alkanes of at least 4 members (excludes halogenated alkanes) is 2. The number of carbonyl (C=O) groups excluding carboxylic acids is 1. The Hall–Kier alpha value is -1.66. The van der Waals surface area contributed by atoms with Crippen molar-refractivity contribution in [1.82, 2.24) is 9.88 Å². The predicted molar refractivity (Wildman–Crippen MR) is 84.3 cm³/mol. The number of pyridine rings is 1. The molecule has 1 saturated heterocycles. The van der Waals surface area contributed by atoms with Gasteiger partial charge in [0.15, 0.2) is 0 Å². The summed E-state index contributed by atoms with van der Waals surface area (Å²) < 4.78 is 0. The third kappa shape index (κ3) is 4.68. The van der Waals surface area contributed by atoms with Crippen molar-refractivity contribution >= 4 is 11.6 Å². The summed E-state index contributed by atoms with van der Waals surface area (Å²) in [7, 11) is 0. The molecule has 0 bridgehead atoms. The van der Waals surface area contributed by atoms with Gasteiger partial charge in [0.1, 0.15) is 5.69 Å². The summed E-state index contributed by atoms with van der Waals surface area (Å²) in [5.41, 5.74) is 12.1. The maximum absolute atomic E-state index is 11.2. The highest BCUT2D eigenvalue weighted by Gasteiger charge is 2.17. The Balaban J connectivity index is 1.81. The number of nitrogens with two attached hydrogens (primary N) is 2. The Morgan fingerprint density at radius 1 is 1.19 bits per heavy atom. The van der Waals surface area contributed by atoms with Crippen LogP contribution in [-0.4, -0.2) is 55.1 Å². The molecule has 6 heteroatoms. The minimum Gasteiger partial charge on any atom is -0.369 e. The van der Waals surface area contributed by atoms with E-state index in [1.165, 1.54) is 12.8 Å². The number of hydrogen-bond acceptors (Lipinski definition) is 5. The zero-order chi connectivity index (χ0) is 15.1. The number of primary amides is 1. The SMILES string of the molecule is NCCCCCN1CCN(c2ccnc(C(N)=O)c2)CC1. The van der Waals surface area contributed by atoms with E-state index >= 15 is 0 Å². The van der Waals surface area contributed by atoms with Gasteiger partial charge in [-0.05, 0) is 38.1 Å². The highest BCUT2D eigenvalue weighted by molar-refractivity contribution is 5.91. The van der Waals surface area contributed by atoms with Crippen LogP contribution in [-0.2, 0) is 0 Å². The van der Waals surface area contributed by atoms with Crippen LogP contribution < -0.4 is 16.4 Å². The summed E-state index contributed by atoms with van der Waals surface area (Å²) in [6.45, 7) is 5.99. The first-order valence-corrected chi connectivity index (χ1v) is 7.64. The van der Waals surface area contributed by atoms with Crippen LogP contribution in [0.25, 0.3) is 0 Å². The summed E-state index contributed by atoms with van der Waals surface area (Å²) >= 11 is 0. The lowest BCUT2D eigenvalue weighted by molar-refractivity contribution is 0.0995. The Morgan fingerprint density at radius 2 is 1.95 bits per heavy atom. The van der Waals surface area contributed by atoms with Gasteiger partial charge in [0, 0.05) is 38.1 Å². The molecule has 1 aliphatic heterocycles. The van der Waals surface area contributed by atoms with Crippen LogP contribution in [0.3, 0.4) is 0 Å². The molecule has 1 amide bonds. The van der Waals surface area contributed by atoms with Crippen LogP contribution >= 0.6 is 0 Å². The first-order valence-electron chi connectivity index (χ1n) is 7.64. The predicted octanol–water partition coefficient (Wildman–Crippen LogP) is 0.432. The van der Waals surface area contributed by atoms with Crippen LogP contribution in [0.5, 0.6) is 0 Å². The molecule has 0 aromatic carbocycles. The fraction of sp³-hybridized carbons (Fsp3) is 0.600. The average Bonchev–Trinajstić information content (AvgIpc) is 2.52. The van der Waals surface area contributed by atoms with Crippen molar-refractivity contribution in [2.45, 2.75) is 19.3 Å². The van der Waals surface area contributed by atoms with Crippen LogP contribution in [0.4, 0.5) is 5.69 Å². The van der Waals surface area contributed by atoms with E-state index < -0.39 is 5.91 Å². The maximum Gasteiger partial charge on any atom is 0.267 e. The Kier molecular flexibility index (Phi) is 5.95. The first-order chi connectivity index (χ1) is 10.2.